The predicted octanol–water partition coefficient (Wildman–Crippen LogP) is 2.21. The molecule has 2 N–H and O–H groups in total. The number of nitrogens with one attached hydrogen (secondary N) is 2. The van der Waals surface area contributed by atoms with E-state index in [1.165, 1.54) is 0 Å². The molecule has 0 heterocycles. The van der Waals surface area contributed by atoms with Gasteiger partial charge in [0.05, 0.1) is 13.7 Å². The third-order valence-corrected chi connectivity index (χ3v) is 2.79. The Balaban J connectivity index is 2.40. The number of hydrogen-bond acceptors (Lipinski definition) is 3. The molecular weight excluding hydrogens is 264 g/mol. The van der Waals surface area contributed by atoms with E-state index in [0.29, 0.717) is 24.0 Å². The molecule has 0 aromatic heterocycles. The number of halogens is 1. The second kappa shape index (κ2) is 8.02. The van der Waals surface area contributed by atoms with Gasteiger partial charge in [0.2, 0.25) is 5.91 Å². The fourth-order valence-corrected chi connectivity index (χ4v) is 1.77. The van der Waals surface area contributed by atoms with Crippen LogP contribution in [0.5, 0.6) is 5.75 Å². The Morgan fingerprint density at radius 3 is 2.79 bits per heavy atom. The third-order valence-electron chi connectivity index (χ3n) is 2.55. The number of methoxy groups -OCH3 is 1. The SMILES string of the molecule is COc1ccc(Cl)cc1CNCC(=O)NCC(C)C. The second-order valence-corrected chi connectivity index (χ2v) is 5.19. The smallest absolute Gasteiger partial charge is 0.233 e. The molecule has 5 heteroatoms. The minimum Gasteiger partial charge on any atom is -0.496 e. The quantitative estimate of drug-likeness (QED) is 0.807. The van der Waals surface area contributed by atoms with Crippen molar-refractivity contribution in [3.8, 4) is 5.75 Å². The molecule has 1 amide bonds. The van der Waals surface area contributed by atoms with Gasteiger partial charge in [0.25, 0.3) is 0 Å². The van der Waals surface area contributed by atoms with Crippen molar-refractivity contribution in [2.24, 2.45) is 5.92 Å². The normalized spacial score (nSPS) is 10.6. The molecule has 0 saturated heterocycles. The van der Waals surface area contributed by atoms with Crippen LogP contribution in [-0.2, 0) is 11.3 Å². The molecule has 0 unspecified atom stereocenters. The number of hydrogen-bond donors (Lipinski definition) is 2. The molecule has 0 saturated carbocycles. The van der Waals surface area contributed by atoms with Crippen LogP contribution in [-0.4, -0.2) is 26.1 Å². The average molecular weight is 285 g/mol. The van der Waals surface area contributed by atoms with Crippen LogP contribution in [0.1, 0.15) is 19.4 Å². The molecule has 0 aliphatic heterocycles. The number of benzene rings is 1. The van der Waals surface area contributed by atoms with Crippen LogP contribution in [0, 0.1) is 5.92 Å². The van der Waals surface area contributed by atoms with Crippen LogP contribution in [0.25, 0.3) is 0 Å². The van der Waals surface area contributed by atoms with E-state index in [1.54, 1.807) is 13.2 Å². The Kier molecular flexibility index (Phi) is 6.67. The van der Waals surface area contributed by atoms with Crippen LogP contribution in [0.4, 0.5) is 0 Å². The van der Waals surface area contributed by atoms with E-state index in [1.807, 2.05) is 12.1 Å². The van der Waals surface area contributed by atoms with Gasteiger partial charge in [-0.25, -0.2) is 0 Å². The van der Waals surface area contributed by atoms with E-state index in [-0.39, 0.29) is 12.5 Å². The molecule has 1 rings (SSSR count). The maximum Gasteiger partial charge on any atom is 0.233 e. The first kappa shape index (κ1) is 15.8. The summed E-state index contributed by atoms with van der Waals surface area (Å²) < 4.78 is 5.24. The Bertz CT molecular complexity index is 422. The first-order valence-corrected chi connectivity index (χ1v) is 6.70. The molecule has 0 aliphatic rings. The number of ether oxygens (including phenoxy) is 1. The number of carbonyl (C=O) groups excluding carboxylic acids is 1. The Hall–Kier alpha value is -1.26. The average Bonchev–Trinajstić information content (AvgIpc) is 2.36. The summed E-state index contributed by atoms with van der Waals surface area (Å²) in [5.41, 5.74) is 0.937. The van der Waals surface area contributed by atoms with Crippen LogP contribution in [0.3, 0.4) is 0 Å². The fraction of sp³-hybridized carbons (Fsp3) is 0.500. The van der Waals surface area contributed by atoms with Crippen molar-refractivity contribution < 1.29 is 9.53 Å². The van der Waals surface area contributed by atoms with E-state index in [2.05, 4.69) is 24.5 Å². The molecule has 0 fully saturated rings. The fourth-order valence-electron chi connectivity index (χ4n) is 1.58. The minimum atomic E-state index is -0.00491. The molecule has 106 valence electrons. The summed E-state index contributed by atoms with van der Waals surface area (Å²) >= 11 is 5.94. The molecule has 19 heavy (non-hydrogen) atoms. The van der Waals surface area contributed by atoms with Crippen LogP contribution in [0.2, 0.25) is 5.02 Å². The van der Waals surface area contributed by atoms with Crippen molar-refractivity contribution in [2.45, 2.75) is 20.4 Å². The lowest BCUT2D eigenvalue weighted by atomic mass is 10.2. The van der Waals surface area contributed by atoms with E-state index in [0.717, 1.165) is 11.3 Å². The number of amides is 1. The maximum absolute atomic E-state index is 11.5. The van der Waals surface area contributed by atoms with Gasteiger partial charge >= 0.3 is 0 Å². The van der Waals surface area contributed by atoms with Crippen molar-refractivity contribution >= 4 is 17.5 Å². The molecule has 1 aromatic carbocycles. The highest BCUT2D eigenvalue weighted by atomic mass is 35.5. The van der Waals surface area contributed by atoms with Crippen LogP contribution in [0.15, 0.2) is 18.2 Å². The van der Waals surface area contributed by atoms with E-state index in [4.69, 9.17) is 16.3 Å². The summed E-state index contributed by atoms with van der Waals surface area (Å²) in [6, 6.07) is 5.43. The Morgan fingerprint density at radius 1 is 1.42 bits per heavy atom. The molecule has 0 spiro atoms. The molecule has 0 atom stereocenters. The van der Waals surface area contributed by atoms with Crippen molar-refractivity contribution in [1.29, 1.82) is 0 Å². The van der Waals surface area contributed by atoms with Gasteiger partial charge in [0, 0.05) is 23.7 Å². The molecular formula is C14H21ClN2O2. The largest absolute Gasteiger partial charge is 0.496 e. The predicted molar refractivity (Wildman–Crippen MR) is 77.6 cm³/mol. The summed E-state index contributed by atoms with van der Waals surface area (Å²) in [7, 11) is 1.61. The van der Waals surface area contributed by atoms with Crippen LogP contribution >= 0.6 is 11.6 Å². The van der Waals surface area contributed by atoms with Crippen molar-refractivity contribution in [1.82, 2.24) is 10.6 Å². The third kappa shape index (κ3) is 5.94. The summed E-state index contributed by atoms with van der Waals surface area (Å²) in [6.45, 7) is 5.64. The van der Waals surface area contributed by atoms with Gasteiger partial charge in [-0.3, -0.25) is 4.79 Å². The van der Waals surface area contributed by atoms with Gasteiger partial charge in [-0.2, -0.15) is 0 Å². The van der Waals surface area contributed by atoms with Crippen LogP contribution < -0.4 is 15.4 Å². The van der Waals surface area contributed by atoms with Gasteiger partial charge < -0.3 is 15.4 Å². The van der Waals surface area contributed by atoms with Gasteiger partial charge in [-0.05, 0) is 24.1 Å². The first-order chi connectivity index (χ1) is 9.02. The van der Waals surface area contributed by atoms with E-state index < -0.39 is 0 Å². The zero-order valence-electron chi connectivity index (χ0n) is 11.6. The van der Waals surface area contributed by atoms with E-state index >= 15 is 0 Å². The van der Waals surface area contributed by atoms with E-state index in [9.17, 15) is 4.79 Å². The molecule has 0 radical (unpaired) electrons. The number of carbonyl (C=O) groups is 1. The van der Waals surface area contributed by atoms with Gasteiger partial charge in [0.15, 0.2) is 0 Å². The van der Waals surface area contributed by atoms with Crippen molar-refractivity contribution in [3.05, 3.63) is 28.8 Å². The number of rotatable bonds is 7. The summed E-state index contributed by atoms with van der Waals surface area (Å²) in [4.78, 5) is 11.5. The summed E-state index contributed by atoms with van der Waals surface area (Å²) in [5, 5.41) is 6.58. The second-order valence-electron chi connectivity index (χ2n) is 4.76. The zero-order valence-corrected chi connectivity index (χ0v) is 12.4. The van der Waals surface area contributed by atoms with Crippen molar-refractivity contribution in [3.63, 3.8) is 0 Å². The Labute approximate surface area is 119 Å². The first-order valence-electron chi connectivity index (χ1n) is 6.32. The monoisotopic (exact) mass is 284 g/mol. The lowest BCUT2D eigenvalue weighted by molar-refractivity contribution is -0.120. The van der Waals surface area contributed by atoms with Gasteiger partial charge in [-0.15, -0.1) is 0 Å². The summed E-state index contributed by atoms with van der Waals surface area (Å²) in [5.74, 6) is 1.21. The van der Waals surface area contributed by atoms with Gasteiger partial charge in [-0.1, -0.05) is 25.4 Å². The standard InChI is InChI=1S/C14H21ClN2O2/c1-10(2)7-17-14(18)9-16-8-11-6-12(15)4-5-13(11)19-3/h4-6,10,16H,7-9H2,1-3H3,(H,17,18). The lowest BCUT2D eigenvalue weighted by Gasteiger charge is -2.11. The zero-order chi connectivity index (χ0) is 14.3. The highest BCUT2D eigenvalue weighted by Gasteiger charge is 2.05. The molecule has 1 aromatic rings. The highest BCUT2D eigenvalue weighted by molar-refractivity contribution is 6.30. The van der Waals surface area contributed by atoms with Gasteiger partial charge in [0.1, 0.15) is 5.75 Å². The Morgan fingerprint density at radius 2 is 2.16 bits per heavy atom. The minimum absolute atomic E-state index is 0.00491. The lowest BCUT2D eigenvalue weighted by Crippen LogP contribution is -2.35. The molecule has 0 bridgehead atoms. The summed E-state index contributed by atoms with van der Waals surface area (Å²) in [6.07, 6.45) is 0. The maximum atomic E-state index is 11.5. The molecule has 0 aliphatic carbocycles. The highest BCUT2D eigenvalue weighted by Crippen LogP contribution is 2.22. The topological polar surface area (TPSA) is 50.4 Å². The van der Waals surface area contributed by atoms with Crippen molar-refractivity contribution in [2.75, 3.05) is 20.2 Å². The molecule has 4 nitrogen and oxygen atoms in total.